The maximum atomic E-state index is 11.8. The average molecular weight is 375 g/mol. The molecular formula is C21H42O5. The van der Waals surface area contributed by atoms with E-state index in [2.05, 4.69) is 0 Å². The monoisotopic (exact) mass is 374 g/mol. The quantitative estimate of drug-likeness (QED) is 0.304. The van der Waals surface area contributed by atoms with E-state index in [4.69, 9.17) is 19.3 Å². The molecule has 0 aliphatic rings. The fraction of sp³-hybridized carbons (Fsp3) is 0.952. The largest absolute Gasteiger partial charge is 0.394 e. The number of hydrogen-bond donors (Lipinski definition) is 1. The van der Waals surface area contributed by atoms with Crippen LogP contribution in [0.1, 0.15) is 84.0 Å². The number of carbonyl (C=O) groups excluding carboxylic acids is 1. The molecule has 5 heteroatoms. The summed E-state index contributed by atoms with van der Waals surface area (Å²) in [5.41, 5.74) is 0. The first kappa shape index (κ1) is 25.5. The van der Waals surface area contributed by atoms with E-state index in [1.54, 1.807) is 7.11 Å². The lowest BCUT2D eigenvalue weighted by atomic mass is 10.0. The van der Waals surface area contributed by atoms with Crippen molar-refractivity contribution >= 4 is 5.78 Å². The molecule has 0 aromatic carbocycles. The first-order valence-corrected chi connectivity index (χ1v) is 10.5. The molecule has 0 aliphatic carbocycles. The van der Waals surface area contributed by atoms with Crippen LogP contribution in [0, 0.1) is 0 Å². The molecular weight excluding hydrogens is 332 g/mol. The molecule has 0 bridgehead atoms. The van der Waals surface area contributed by atoms with Gasteiger partial charge in [0.05, 0.1) is 13.2 Å². The van der Waals surface area contributed by atoms with Crippen molar-refractivity contribution in [3.63, 3.8) is 0 Å². The fourth-order valence-corrected chi connectivity index (χ4v) is 2.76. The SMILES string of the molecule is CCCOC(CO)COCCCCC(=O)CCCCCCCCCOC. The van der Waals surface area contributed by atoms with Crippen molar-refractivity contribution in [3.05, 3.63) is 0 Å². The maximum Gasteiger partial charge on any atom is 0.132 e. The van der Waals surface area contributed by atoms with Gasteiger partial charge < -0.3 is 19.3 Å². The topological polar surface area (TPSA) is 65.0 Å². The van der Waals surface area contributed by atoms with Gasteiger partial charge in [0.2, 0.25) is 0 Å². The molecule has 0 heterocycles. The standard InChI is InChI=1S/C21H42O5/c1-3-15-26-21(18-22)19-25-17-12-10-14-20(23)13-9-7-5-4-6-8-11-16-24-2/h21-22H,3-19H2,1-2H3. The van der Waals surface area contributed by atoms with Crippen LogP contribution < -0.4 is 0 Å². The summed E-state index contributed by atoms with van der Waals surface area (Å²) in [4.78, 5) is 11.8. The molecule has 0 aromatic rings. The van der Waals surface area contributed by atoms with Crippen LogP contribution in [0.15, 0.2) is 0 Å². The highest BCUT2D eigenvalue weighted by atomic mass is 16.5. The highest BCUT2D eigenvalue weighted by Gasteiger charge is 2.07. The highest BCUT2D eigenvalue weighted by Crippen LogP contribution is 2.10. The van der Waals surface area contributed by atoms with Gasteiger partial charge in [-0.25, -0.2) is 0 Å². The minimum absolute atomic E-state index is 0.00829. The minimum Gasteiger partial charge on any atom is -0.394 e. The Labute approximate surface area is 160 Å². The third-order valence-corrected chi connectivity index (χ3v) is 4.36. The molecule has 1 unspecified atom stereocenters. The van der Waals surface area contributed by atoms with Gasteiger partial charge in [-0.2, -0.15) is 0 Å². The first-order valence-electron chi connectivity index (χ1n) is 10.5. The van der Waals surface area contributed by atoms with Gasteiger partial charge in [-0.3, -0.25) is 4.79 Å². The van der Waals surface area contributed by atoms with Gasteiger partial charge in [-0.15, -0.1) is 0 Å². The van der Waals surface area contributed by atoms with E-state index in [9.17, 15) is 4.79 Å². The molecule has 0 saturated carbocycles. The van der Waals surface area contributed by atoms with E-state index in [0.29, 0.717) is 32.0 Å². The second-order valence-electron chi connectivity index (χ2n) is 6.96. The molecule has 0 saturated heterocycles. The van der Waals surface area contributed by atoms with Crippen LogP contribution in [0.25, 0.3) is 0 Å². The molecule has 1 N–H and O–H groups in total. The number of ketones is 1. The molecule has 0 aliphatic heterocycles. The summed E-state index contributed by atoms with van der Waals surface area (Å²) >= 11 is 0. The number of Topliss-reactive ketones (excluding diaryl/α,β-unsaturated/α-hetero) is 1. The zero-order valence-electron chi connectivity index (χ0n) is 17.2. The smallest absolute Gasteiger partial charge is 0.132 e. The Kier molecular flexibility index (Phi) is 20.4. The van der Waals surface area contributed by atoms with Crippen molar-refractivity contribution in [1.29, 1.82) is 0 Å². The molecule has 5 nitrogen and oxygen atoms in total. The van der Waals surface area contributed by atoms with Crippen molar-refractivity contribution in [2.45, 2.75) is 90.1 Å². The third-order valence-electron chi connectivity index (χ3n) is 4.36. The van der Waals surface area contributed by atoms with Crippen LogP contribution in [-0.4, -0.2) is 57.1 Å². The number of methoxy groups -OCH3 is 1. The Morgan fingerprint density at radius 2 is 1.42 bits per heavy atom. The van der Waals surface area contributed by atoms with Gasteiger partial charge in [0, 0.05) is 39.8 Å². The van der Waals surface area contributed by atoms with Crippen LogP contribution in [0.2, 0.25) is 0 Å². The number of ether oxygens (including phenoxy) is 3. The zero-order valence-corrected chi connectivity index (χ0v) is 17.2. The molecule has 1 atom stereocenters. The molecule has 0 amide bonds. The molecule has 0 rings (SSSR count). The van der Waals surface area contributed by atoms with Crippen LogP contribution in [0.3, 0.4) is 0 Å². The molecule has 0 fully saturated rings. The van der Waals surface area contributed by atoms with E-state index in [1.165, 1.54) is 32.1 Å². The van der Waals surface area contributed by atoms with Gasteiger partial charge >= 0.3 is 0 Å². The molecule has 156 valence electrons. The van der Waals surface area contributed by atoms with Crippen molar-refractivity contribution in [2.24, 2.45) is 0 Å². The van der Waals surface area contributed by atoms with Crippen LogP contribution in [-0.2, 0) is 19.0 Å². The first-order chi connectivity index (χ1) is 12.7. The van der Waals surface area contributed by atoms with Crippen molar-refractivity contribution in [1.82, 2.24) is 0 Å². The third kappa shape index (κ3) is 18.3. The molecule has 26 heavy (non-hydrogen) atoms. The number of hydrogen-bond acceptors (Lipinski definition) is 5. The van der Waals surface area contributed by atoms with Crippen molar-refractivity contribution in [2.75, 3.05) is 40.1 Å². The Balaban J connectivity index is 3.31. The summed E-state index contributed by atoms with van der Waals surface area (Å²) in [5, 5.41) is 9.16. The highest BCUT2D eigenvalue weighted by molar-refractivity contribution is 5.78. The van der Waals surface area contributed by atoms with Crippen LogP contribution in [0.5, 0.6) is 0 Å². The maximum absolute atomic E-state index is 11.8. The zero-order chi connectivity index (χ0) is 19.3. The summed E-state index contributed by atoms with van der Waals surface area (Å²) in [6, 6.07) is 0. The Morgan fingerprint density at radius 1 is 0.846 bits per heavy atom. The fourth-order valence-electron chi connectivity index (χ4n) is 2.76. The van der Waals surface area contributed by atoms with Gasteiger partial charge in [0.1, 0.15) is 11.9 Å². The van der Waals surface area contributed by atoms with Crippen LogP contribution in [0.4, 0.5) is 0 Å². The van der Waals surface area contributed by atoms with Crippen molar-refractivity contribution < 1.29 is 24.1 Å². The Bertz CT molecular complexity index is 296. The second kappa shape index (κ2) is 20.8. The van der Waals surface area contributed by atoms with E-state index in [0.717, 1.165) is 45.1 Å². The van der Waals surface area contributed by atoms with E-state index >= 15 is 0 Å². The molecule has 0 spiro atoms. The number of rotatable bonds is 21. The number of aliphatic hydroxyl groups is 1. The Morgan fingerprint density at radius 3 is 2.04 bits per heavy atom. The van der Waals surface area contributed by atoms with Crippen LogP contribution >= 0.6 is 0 Å². The lowest BCUT2D eigenvalue weighted by molar-refractivity contribution is -0.119. The van der Waals surface area contributed by atoms with E-state index < -0.39 is 0 Å². The predicted octanol–water partition coefficient (Wildman–Crippen LogP) is 4.30. The lowest BCUT2D eigenvalue weighted by Gasteiger charge is -2.15. The van der Waals surface area contributed by atoms with Crippen molar-refractivity contribution in [3.8, 4) is 0 Å². The summed E-state index contributed by atoms with van der Waals surface area (Å²) < 4.78 is 16.0. The van der Waals surface area contributed by atoms with E-state index in [-0.39, 0.29) is 12.7 Å². The van der Waals surface area contributed by atoms with E-state index in [1.807, 2.05) is 6.92 Å². The molecule has 0 aromatic heterocycles. The lowest BCUT2D eigenvalue weighted by Crippen LogP contribution is -2.24. The van der Waals surface area contributed by atoms with Gasteiger partial charge in [-0.1, -0.05) is 39.0 Å². The minimum atomic E-state index is -0.225. The number of aliphatic hydroxyl groups excluding tert-OH is 1. The predicted molar refractivity (Wildman–Crippen MR) is 106 cm³/mol. The normalized spacial score (nSPS) is 12.4. The summed E-state index contributed by atoms with van der Waals surface area (Å²) in [7, 11) is 1.75. The number of carbonyl (C=O) groups is 1. The van der Waals surface area contributed by atoms with Gasteiger partial charge in [0.25, 0.3) is 0 Å². The summed E-state index contributed by atoms with van der Waals surface area (Å²) in [6.07, 6.45) is 12.3. The van der Waals surface area contributed by atoms with Gasteiger partial charge in [0.15, 0.2) is 0 Å². The second-order valence-corrected chi connectivity index (χ2v) is 6.96. The Hall–Kier alpha value is -0.490. The van der Waals surface area contributed by atoms with Gasteiger partial charge in [-0.05, 0) is 32.1 Å². The molecule has 0 radical (unpaired) electrons. The summed E-state index contributed by atoms with van der Waals surface area (Å²) in [6.45, 7) is 4.60. The summed E-state index contributed by atoms with van der Waals surface area (Å²) in [5.74, 6) is 0.379. The average Bonchev–Trinajstić information content (AvgIpc) is 2.65. The number of unbranched alkanes of at least 4 members (excludes halogenated alkanes) is 7.